The van der Waals surface area contributed by atoms with Crippen molar-refractivity contribution in [2.24, 2.45) is 0 Å². The van der Waals surface area contributed by atoms with Gasteiger partial charge in [-0.25, -0.2) is 8.91 Å². The van der Waals surface area contributed by atoms with Gasteiger partial charge in [0.1, 0.15) is 18.0 Å². The van der Waals surface area contributed by atoms with E-state index in [1.54, 1.807) is 18.2 Å². The Bertz CT molecular complexity index is 1190. The maximum Gasteiger partial charge on any atom is 0.310 e. The molecule has 1 aromatic carbocycles. The third-order valence-electron chi connectivity index (χ3n) is 5.28. The number of carbonyl (C=O) groups excluding carboxylic acids is 1. The van der Waals surface area contributed by atoms with Crippen LogP contribution in [0.4, 0.5) is 4.39 Å². The van der Waals surface area contributed by atoms with Gasteiger partial charge < -0.3 is 10.2 Å². The molecule has 168 valence electrons. The summed E-state index contributed by atoms with van der Waals surface area (Å²) < 4.78 is 15.5. The average molecular weight is 438 g/mol. The molecule has 3 rings (SSSR count). The Kier molecular flexibility index (Phi) is 6.89. The smallest absolute Gasteiger partial charge is 0.310 e. The molecule has 0 radical (unpaired) electrons. The normalized spacial score (nSPS) is 12.7. The summed E-state index contributed by atoms with van der Waals surface area (Å²) >= 11 is 0. The highest BCUT2D eigenvalue weighted by Gasteiger charge is 2.21. The quantitative estimate of drug-likeness (QED) is 0.498. The Morgan fingerprint density at radius 1 is 1.19 bits per heavy atom. The minimum atomic E-state index is -1.22. The van der Waals surface area contributed by atoms with Gasteiger partial charge in [0.15, 0.2) is 0 Å². The number of halogens is 1. The lowest BCUT2D eigenvalue weighted by Gasteiger charge is -2.18. The molecule has 0 aliphatic heterocycles. The molecule has 0 bridgehead atoms. The number of fused-ring (bicyclic) bond motifs is 1. The molecule has 32 heavy (non-hydrogen) atoms. The van der Waals surface area contributed by atoms with Gasteiger partial charge in [-0.05, 0) is 49.1 Å². The van der Waals surface area contributed by atoms with E-state index in [0.29, 0.717) is 0 Å². The molecule has 0 saturated heterocycles. The van der Waals surface area contributed by atoms with E-state index >= 15 is 0 Å². The molecule has 2 N–H and O–H groups in total. The number of carboxylic acids is 1. The largest absolute Gasteiger partial charge is 0.481 e. The number of carboxylic acid groups (broad SMARTS) is 1. The summed E-state index contributed by atoms with van der Waals surface area (Å²) in [4.78, 5) is 22.5. The van der Waals surface area contributed by atoms with Crippen LogP contribution in [0.5, 0.6) is 0 Å². The van der Waals surface area contributed by atoms with Crippen molar-refractivity contribution in [2.45, 2.75) is 52.6 Å². The zero-order valence-corrected chi connectivity index (χ0v) is 18.6. The van der Waals surface area contributed by atoms with Crippen LogP contribution in [0.25, 0.3) is 22.7 Å². The SMILES string of the molecule is Cc1cc(C)n2nc(C(C)C)c(/C=C/C(O)CC(=O)CC(=O)O)c(-c3ccc(F)cc3)c12. The van der Waals surface area contributed by atoms with E-state index in [2.05, 4.69) is 0 Å². The van der Waals surface area contributed by atoms with E-state index in [1.807, 2.05) is 38.3 Å². The number of aromatic nitrogens is 2. The van der Waals surface area contributed by atoms with Crippen LogP contribution < -0.4 is 0 Å². The lowest BCUT2D eigenvalue weighted by Crippen LogP contribution is -2.14. The molecular formula is C25H27FN2O4. The third-order valence-corrected chi connectivity index (χ3v) is 5.28. The van der Waals surface area contributed by atoms with Crippen LogP contribution in [0, 0.1) is 19.7 Å². The van der Waals surface area contributed by atoms with Gasteiger partial charge in [0, 0.05) is 23.2 Å². The summed E-state index contributed by atoms with van der Waals surface area (Å²) in [6, 6.07) is 8.26. The predicted molar refractivity (Wildman–Crippen MR) is 121 cm³/mol. The van der Waals surface area contributed by atoms with Crippen molar-refractivity contribution >= 4 is 23.3 Å². The van der Waals surface area contributed by atoms with E-state index in [4.69, 9.17) is 10.2 Å². The Morgan fingerprint density at radius 3 is 2.44 bits per heavy atom. The van der Waals surface area contributed by atoms with Crippen molar-refractivity contribution in [1.29, 1.82) is 0 Å². The van der Waals surface area contributed by atoms with Gasteiger partial charge in [-0.1, -0.05) is 38.1 Å². The van der Waals surface area contributed by atoms with E-state index in [-0.39, 0.29) is 18.2 Å². The number of ketones is 1. The number of aliphatic carboxylic acids is 1. The van der Waals surface area contributed by atoms with Crippen LogP contribution in [0.15, 0.2) is 36.4 Å². The molecule has 2 aromatic heterocycles. The van der Waals surface area contributed by atoms with Gasteiger partial charge in [-0.2, -0.15) is 5.10 Å². The molecule has 0 saturated carbocycles. The third kappa shape index (κ3) is 4.94. The minimum absolute atomic E-state index is 0.0474. The van der Waals surface area contributed by atoms with Gasteiger partial charge in [-0.15, -0.1) is 0 Å². The maximum absolute atomic E-state index is 13.6. The molecule has 0 amide bonds. The van der Waals surface area contributed by atoms with Gasteiger partial charge in [-0.3, -0.25) is 9.59 Å². The number of hydrogen-bond donors (Lipinski definition) is 2. The number of carbonyl (C=O) groups is 2. The van der Waals surface area contributed by atoms with Gasteiger partial charge in [0.2, 0.25) is 0 Å². The van der Waals surface area contributed by atoms with Crippen LogP contribution in [0.2, 0.25) is 0 Å². The van der Waals surface area contributed by atoms with Gasteiger partial charge >= 0.3 is 5.97 Å². The molecule has 1 unspecified atom stereocenters. The number of Topliss-reactive ketones (excluding diaryl/α,β-unsaturated/α-hetero) is 1. The molecule has 0 aliphatic rings. The lowest BCUT2D eigenvalue weighted by molar-refractivity contribution is -0.140. The van der Waals surface area contributed by atoms with E-state index < -0.39 is 24.3 Å². The molecule has 0 fully saturated rings. The highest BCUT2D eigenvalue weighted by atomic mass is 19.1. The molecular weight excluding hydrogens is 411 g/mol. The highest BCUT2D eigenvalue weighted by Crippen LogP contribution is 2.36. The zero-order valence-electron chi connectivity index (χ0n) is 18.6. The molecule has 1 atom stereocenters. The van der Waals surface area contributed by atoms with E-state index in [9.17, 15) is 19.1 Å². The summed E-state index contributed by atoms with van der Waals surface area (Å²) in [7, 11) is 0. The standard InChI is InChI=1S/C25H27FN2O4/c1-14(2)24-21(10-9-19(29)12-20(30)13-22(31)32)23(17-5-7-18(26)8-6-17)25-15(3)11-16(4)28(25)27-24/h5-11,14,19,29H,12-13H2,1-4H3,(H,31,32)/b10-9+. The minimum Gasteiger partial charge on any atom is -0.481 e. The van der Waals surface area contributed by atoms with Gasteiger partial charge in [0.25, 0.3) is 0 Å². The Morgan fingerprint density at radius 2 is 1.84 bits per heavy atom. The second-order valence-corrected chi connectivity index (χ2v) is 8.30. The van der Waals surface area contributed by atoms with Crippen LogP contribution in [0.3, 0.4) is 0 Å². The molecule has 3 aromatic rings. The van der Waals surface area contributed by atoms with Crippen molar-refractivity contribution in [3.63, 3.8) is 0 Å². The lowest BCUT2D eigenvalue weighted by atomic mass is 9.93. The molecule has 0 spiro atoms. The summed E-state index contributed by atoms with van der Waals surface area (Å²) in [5.74, 6) is -2.06. The first-order valence-corrected chi connectivity index (χ1v) is 10.5. The molecule has 7 heteroatoms. The van der Waals surface area contributed by atoms with E-state index in [1.165, 1.54) is 18.2 Å². The Balaban J connectivity index is 2.19. The first kappa shape index (κ1) is 23.3. The predicted octanol–water partition coefficient (Wildman–Crippen LogP) is 4.69. The van der Waals surface area contributed by atoms with Crippen LogP contribution in [0.1, 0.15) is 55.1 Å². The molecule has 2 heterocycles. The Hall–Kier alpha value is -3.32. The summed E-state index contributed by atoms with van der Waals surface area (Å²) in [6.07, 6.45) is 1.16. The fourth-order valence-electron chi connectivity index (χ4n) is 3.89. The van der Waals surface area contributed by atoms with Crippen molar-refractivity contribution in [3.8, 4) is 11.1 Å². The van der Waals surface area contributed by atoms with Crippen LogP contribution in [-0.4, -0.2) is 37.7 Å². The van der Waals surface area contributed by atoms with Crippen molar-refractivity contribution in [3.05, 3.63) is 64.7 Å². The fourth-order valence-corrected chi connectivity index (χ4v) is 3.89. The number of benzene rings is 1. The summed E-state index contributed by atoms with van der Waals surface area (Å²) in [5, 5.41) is 23.9. The first-order chi connectivity index (χ1) is 15.1. The number of aliphatic hydroxyl groups excluding tert-OH is 1. The molecule has 0 aliphatic carbocycles. The van der Waals surface area contributed by atoms with Crippen molar-refractivity contribution in [2.75, 3.05) is 0 Å². The summed E-state index contributed by atoms with van der Waals surface area (Å²) in [6.45, 7) is 7.98. The monoisotopic (exact) mass is 438 g/mol. The van der Waals surface area contributed by atoms with Crippen LogP contribution in [-0.2, 0) is 9.59 Å². The number of aliphatic hydroxyl groups is 1. The number of rotatable bonds is 8. The number of aryl methyl sites for hydroxylation is 2. The number of hydrogen-bond acceptors (Lipinski definition) is 4. The van der Waals surface area contributed by atoms with Crippen molar-refractivity contribution < 1.29 is 24.2 Å². The average Bonchev–Trinajstić information content (AvgIpc) is 2.98. The van der Waals surface area contributed by atoms with Crippen LogP contribution >= 0.6 is 0 Å². The van der Waals surface area contributed by atoms with Crippen molar-refractivity contribution in [1.82, 2.24) is 9.61 Å². The first-order valence-electron chi connectivity index (χ1n) is 10.5. The number of nitrogens with zero attached hydrogens (tertiary/aromatic N) is 2. The second kappa shape index (κ2) is 9.44. The fraction of sp³-hybridized carbons (Fsp3) is 0.320. The zero-order chi connectivity index (χ0) is 23.6. The maximum atomic E-state index is 13.6. The van der Waals surface area contributed by atoms with E-state index in [0.717, 1.165) is 39.2 Å². The molecule has 6 nitrogen and oxygen atoms in total. The Labute approximate surface area is 186 Å². The topological polar surface area (TPSA) is 91.9 Å². The van der Waals surface area contributed by atoms with Gasteiger partial charge in [0.05, 0.1) is 17.3 Å². The highest BCUT2D eigenvalue weighted by molar-refractivity contribution is 5.95. The second-order valence-electron chi connectivity index (χ2n) is 8.30. The summed E-state index contributed by atoms with van der Waals surface area (Å²) in [5.41, 5.74) is 6.08.